The smallest absolute Gasteiger partial charge is 0.274 e. The number of halogens is 1. The Hall–Kier alpha value is -4.49. The van der Waals surface area contributed by atoms with Crippen molar-refractivity contribution in [3.8, 4) is 5.75 Å². The Balaban J connectivity index is 1.51. The standard InChI is InChI=1S/C29H25FN2O4/c30-25-14-10-20(11-15-25)16-17-31-28(33)24(18-21-8-12-23(13-9-21)29(34)32-35)19-36-27-7-3-5-22-4-1-2-6-26(22)27/h1-15,18,35H,16-17,19H2,(H,31,33)(H,32,34). The van der Waals surface area contributed by atoms with Crippen molar-refractivity contribution in [2.45, 2.75) is 6.42 Å². The van der Waals surface area contributed by atoms with Crippen molar-refractivity contribution in [1.82, 2.24) is 10.8 Å². The van der Waals surface area contributed by atoms with Crippen LogP contribution in [0.3, 0.4) is 0 Å². The van der Waals surface area contributed by atoms with Gasteiger partial charge in [0, 0.05) is 17.5 Å². The van der Waals surface area contributed by atoms with Crippen LogP contribution in [0.2, 0.25) is 0 Å². The summed E-state index contributed by atoms with van der Waals surface area (Å²) in [5.41, 5.74) is 3.87. The van der Waals surface area contributed by atoms with E-state index in [4.69, 9.17) is 9.94 Å². The van der Waals surface area contributed by atoms with Gasteiger partial charge in [0.25, 0.3) is 11.8 Å². The Bertz CT molecular complexity index is 1380. The molecule has 0 aromatic heterocycles. The summed E-state index contributed by atoms with van der Waals surface area (Å²) in [5.74, 6) is -0.563. The molecular weight excluding hydrogens is 459 g/mol. The highest BCUT2D eigenvalue weighted by molar-refractivity contribution is 5.98. The summed E-state index contributed by atoms with van der Waals surface area (Å²) in [4.78, 5) is 24.7. The fourth-order valence-electron chi connectivity index (χ4n) is 3.73. The molecule has 182 valence electrons. The number of hydroxylamine groups is 1. The first-order valence-electron chi connectivity index (χ1n) is 11.4. The summed E-state index contributed by atoms with van der Waals surface area (Å²) >= 11 is 0. The highest BCUT2D eigenvalue weighted by Crippen LogP contribution is 2.25. The minimum absolute atomic E-state index is 0.0231. The Morgan fingerprint density at radius 1 is 0.889 bits per heavy atom. The molecule has 0 fully saturated rings. The van der Waals surface area contributed by atoms with Crippen LogP contribution in [0, 0.1) is 5.82 Å². The molecule has 3 N–H and O–H groups in total. The molecule has 4 aromatic carbocycles. The van der Waals surface area contributed by atoms with Gasteiger partial charge in [-0.15, -0.1) is 0 Å². The molecule has 0 atom stereocenters. The second-order valence-electron chi connectivity index (χ2n) is 8.13. The van der Waals surface area contributed by atoms with Gasteiger partial charge in [0.05, 0.1) is 5.57 Å². The molecule has 0 saturated carbocycles. The number of benzene rings is 4. The summed E-state index contributed by atoms with van der Waals surface area (Å²) in [6.45, 7) is 0.390. The molecule has 6 nitrogen and oxygen atoms in total. The van der Waals surface area contributed by atoms with Crippen molar-refractivity contribution in [3.63, 3.8) is 0 Å². The lowest BCUT2D eigenvalue weighted by Crippen LogP contribution is -2.29. The zero-order valence-electron chi connectivity index (χ0n) is 19.4. The average molecular weight is 485 g/mol. The van der Waals surface area contributed by atoms with Crippen LogP contribution in [0.5, 0.6) is 5.75 Å². The topological polar surface area (TPSA) is 87.7 Å². The third-order valence-corrected chi connectivity index (χ3v) is 5.65. The molecule has 0 heterocycles. The monoisotopic (exact) mass is 484 g/mol. The van der Waals surface area contributed by atoms with Crippen LogP contribution in [0.15, 0.2) is 96.6 Å². The van der Waals surface area contributed by atoms with Crippen LogP contribution in [0.1, 0.15) is 21.5 Å². The van der Waals surface area contributed by atoms with Crippen LogP contribution < -0.4 is 15.5 Å². The number of amides is 2. The van der Waals surface area contributed by atoms with Crippen molar-refractivity contribution in [2.75, 3.05) is 13.2 Å². The van der Waals surface area contributed by atoms with E-state index in [2.05, 4.69) is 5.32 Å². The van der Waals surface area contributed by atoms with Crippen LogP contribution >= 0.6 is 0 Å². The van der Waals surface area contributed by atoms with Gasteiger partial charge in [-0.25, -0.2) is 9.87 Å². The van der Waals surface area contributed by atoms with E-state index in [1.807, 2.05) is 42.5 Å². The average Bonchev–Trinajstić information content (AvgIpc) is 2.92. The summed E-state index contributed by atoms with van der Waals surface area (Å²) in [6.07, 6.45) is 2.24. The van der Waals surface area contributed by atoms with Gasteiger partial charge in [0.1, 0.15) is 18.2 Å². The van der Waals surface area contributed by atoms with E-state index in [-0.39, 0.29) is 23.9 Å². The summed E-state index contributed by atoms with van der Waals surface area (Å²) in [7, 11) is 0. The largest absolute Gasteiger partial charge is 0.488 e. The Morgan fingerprint density at radius 3 is 2.36 bits per heavy atom. The number of hydrogen-bond acceptors (Lipinski definition) is 4. The van der Waals surface area contributed by atoms with Crippen molar-refractivity contribution < 1.29 is 23.9 Å². The van der Waals surface area contributed by atoms with Gasteiger partial charge in [-0.1, -0.05) is 60.7 Å². The SMILES string of the molecule is O=C(NCCc1ccc(F)cc1)C(=Cc1ccc(C(=O)NO)cc1)COc1cccc2ccccc12. The first-order chi connectivity index (χ1) is 17.5. The molecule has 7 heteroatoms. The molecule has 0 aliphatic heterocycles. The maximum Gasteiger partial charge on any atom is 0.274 e. The van der Waals surface area contributed by atoms with Crippen molar-refractivity contribution in [2.24, 2.45) is 0 Å². The van der Waals surface area contributed by atoms with E-state index in [1.54, 1.807) is 48.0 Å². The molecule has 0 saturated heterocycles. The van der Waals surface area contributed by atoms with Gasteiger partial charge in [-0.05, 0) is 59.3 Å². The number of fused-ring (bicyclic) bond motifs is 1. The summed E-state index contributed by atoms with van der Waals surface area (Å²) in [6, 6.07) is 26.2. The molecule has 4 rings (SSSR count). The van der Waals surface area contributed by atoms with Gasteiger partial charge in [0.15, 0.2) is 0 Å². The normalized spacial score (nSPS) is 11.2. The van der Waals surface area contributed by atoms with Crippen LogP contribution in [0.4, 0.5) is 4.39 Å². The number of carbonyl (C=O) groups excluding carboxylic acids is 2. The maximum absolute atomic E-state index is 13.1. The van der Waals surface area contributed by atoms with Gasteiger partial charge in [-0.3, -0.25) is 14.8 Å². The zero-order chi connectivity index (χ0) is 25.3. The molecule has 2 amide bonds. The van der Waals surface area contributed by atoms with E-state index in [1.165, 1.54) is 12.1 Å². The molecule has 0 spiro atoms. The van der Waals surface area contributed by atoms with Gasteiger partial charge in [-0.2, -0.15) is 0 Å². The quantitative estimate of drug-likeness (QED) is 0.179. The highest BCUT2D eigenvalue weighted by atomic mass is 19.1. The summed E-state index contributed by atoms with van der Waals surface area (Å²) in [5, 5.41) is 13.7. The number of carbonyl (C=O) groups is 2. The Morgan fingerprint density at radius 2 is 1.61 bits per heavy atom. The van der Waals surface area contributed by atoms with Gasteiger partial charge < -0.3 is 10.1 Å². The van der Waals surface area contributed by atoms with E-state index in [0.29, 0.717) is 29.9 Å². The van der Waals surface area contributed by atoms with Crippen molar-refractivity contribution >= 4 is 28.7 Å². The van der Waals surface area contributed by atoms with Crippen LogP contribution in [-0.4, -0.2) is 30.2 Å². The number of ether oxygens (including phenoxy) is 1. The number of rotatable bonds is 9. The Kier molecular flexibility index (Phi) is 8.05. The lowest BCUT2D eigenvalue weighted by molar-refractivity contribution is -0.117. The van der Waals surface area contributed by atoms with E-state index < -0.39 is 5.91 Å². The number of nitrogens with one attached hydrogen (secondary N) is 2. The third-order valence-electron chi connectivity index (χ3n) is 5.65. The predicted octanol–water partition coefficient (Wildman–Crippen LogP) is 4.92. The van der Waals surface area contributed by atoms with Crippen LogP contribution in [-0.2, 0) is 11.2 Å². The third kappa shape index (κ3) is 6.34. The van der Waals surface area contributed by atoms with Crippen molar-refractivity contribution in [1.29, 1.82) is 0 Å². The highest BCUT2D eigenvalue weighted by Gasteiger charge is 2.12. The molecule has 0 aliphatic rings. The Labute approximate surface area is 208 Å². The van der Waals surface area contributed by atoms with Crippen LogP contribution in [0.25, 0.3) is 16.8 Å². The molecular formula is C29H25FN2O4. The van der Waals surface area contributed by atoms with E-state index in [0.717, 1.165) is 16.3 Å². The minimum Gasteiger partial charge on any atom is -0.488 e. The van der Waals surface area contributed by atoms with Crippen molar-refractivity contribution in [3.05, 3.63) is 119 Å². The zero-order valence-corrected chi connectivity index (χ0v) is 19.4. The second-order valence-corrected chi connectivity index (χ2v) is 8.13. The predicted molar refractivity (Wildman–Crippen MR) is 136 cm³/mol. The maximum atomic E-state index is 13.1. The fraction of sp³-hybridized carbons (Fsp3) is 0.103. The van der Waals surface area contributed by atoms with E-state index >= 15 is 0 Å². The second kappa shape index (κ2) is 11.8. The van der Waals surface area contributed by atoms with Gasteiger partial charge in [0.2, 0.25) is 0 Å². The first kappa shape index (κ1) is 24.6. The van der Waals surface area contributed by atoms with E-state index in [9.17, 15) is 14.0 Å². The van der Waals surface area contributed by atoms with Gasteiger partial charge >= 0.3 is 0 Å². The minimum atomic E-state index is -0.622. The molecule has 0 radical (unpaired) electrons. The molecule has 0 aliphatic carbocycles. The molecule has 0 unspecified atom stereocenters. The fourth-order valence-corrected chi connectivity index (χ4v) is 3.73. The lowest BCUT2D eigenvalue weighted by atomic mass is 10.1. The summed E-state index contributed by atoms with van der Waals surface area (Å²) < 4.78 is 19.2. The molecule has 36 heavy (non-hydrogen) atoms. The molecule has 4 aromatic rings. The lowest BCUT2D eigenvalue weighted by Gasteiger charge is -2.13. The first-order valence-corrected chi connectivity index (χ1v) is 11.4. The number of hydrogen-bond donors (Lipinski definition) is 3. The molecule has 0 bridgehead atoms.